The van der Waals surface area contributed by atoms with Crippen LogP contribution in [0.25, 0.3) is 0 Å². The van der Waals surface area contributed by atoms with E-state index in [9.17, 15) is 0 Å². The van der Waals surface area contributed by atoms with Crippen molar-refractivity contribution in [2.24, 2.45) is 5.92 Å². The topological polar surface area (TPSA) is 24.9 Å². The second-order valence-corrected chi connectivity index (χ2v) is 4.72. The Morgan fingerprint density at radius 3 is 2.93 bits per heavy atom. The molecule has 1 N–H and O–H groups in total. The summed E-state index contributed by atoms with van der Waals surface area (Å²) in [5.74, 6) is 1.82. The molecule has 2 rings (SSSR count). The van der Waals surface area contributed by atoms with Gasteiger partial charge in [-0.1, -0.05) is 12.8 Å². The van der Waals surface area contributed by atoms with Crippen LogP contribution >= 0.6 is 15.9 Å². The lowest BCUT2D eigenvalue weighted by Gasteiger charge is -2.11. The Morgan fingerprint density at radius 1 is 1.43 bits per heavy atom. The molecular formula is C11H15BrN2. The van der Waals surface area contributed by atoms with Crippen LogP contribution in [0.15, 0.2) is 22.8 Å². The van der Waals surface area contributed by atoms with Crippen molar-refractivity contribution in [3.63, 3.8) is 0 Å². The van der Waals surface area contributed by atoms with E-state index in [1.54, 1.807) is 0 Å². The van der Waals surface area contributed by atoms with E-state index in [1.165, 1.54) is 25.7 Å². The first-order valence-electron chi connectivity index (χ1n) is 5.20. The van der Waals surface area contributed by atoms with Crippen LogP contribution in [0.3, 0.4) is 0 Å². The van der Waals surface area contributed by atoms with Crippen molar-refractivity contribution < 1.29 is 0 Å². The van der Waals surface area contributed by atoms with E-state index in [2.05, 4.69) is 26.2 Å². The first-order chi connectivity index (χ1) is 6.86. The summed E-state index contributed by atoms with van der Waals surface area (Å²) >= 11 is 3.48. The molecule has 1 saturated carbocycles. The van der Waals surface area contributed by atoms with E-state index < -0.39 is 0 Å². The molecule has 14 heavy (non-hydrogen) atoms. The van der Waals surface area contributed by atoms with Gasteiger partial charge in [-0.05, 0) is 46.8 Å². The maximum atomic E-state index is 4.28. The summed E-state index contributed by atoms with van der Waals surface area (Å²) < 4.78 is 1.05. The van der Waals surface area contributed by atoms with Gasteiger partial charge in [0.05, 0.1) is 4.47 Å². The van der Waals surface area contributed by atoms with Crippen LogP contribution in [0, 0.1) is 5.92 Å². The van der Waals surface area contributed by atoms with Crippen LogP contribution in [0.1, 0.15) is 25.7 Å². The quantitative estimate of drug-likeness (QED) is 0.894. The van der Waals surface area contributed by atoms with Crippen molar-refractivity contribution in [2.75, 3.05) is 11.9 Å². The van der Waals surface area contributed by atoms with E-state index in [0.29, 0.717) is 0 Å². The predicted octanol–water partition coefficient (Wildman–Crippen LogP) is 3.45. The number of pyridine rings is 1. The number of nitrogens with one attached hydrogen (secondary N) is 1. The van der Waals surface area contributed by atoms with Gasteiger partial charge in [0.15, 0.2) is 0 Å². The Hall–Kier alpha value is -0.570. The molecule has 2 nitrogen and oxygen atoms in total. The molecule has 0 aliphatic heterocycles. The number of anilines is 1. The number of halogens is 1. The summed E-state index contributed by atoms with van der Waals surface area (Å²) in [5, 5.41) is 3.40. The summed E-state index contributed by atoms with van der Waals surface area (Å²) in [6, 6.07) is 3.95. The Bertz CT molecular complexity index is 295. The molecule has 0 unspecified atom stereocenters. The van der Waals surface area contributed by atoms with Crippen molar-refractivity contribution >= 4 is 21.7 Å². The minimum absolute atomic E-state index is 0.851. The summed E-state index contributed by atoms with van der Waals surface area (Å²) in [6.45, 7) is 1.07. The fourth-order valence-electron chi connectivity index (χ4n) is 1.97. The van der Waals surface area contributed by atoms with Crippen LogP contribution in [-0.4, -0.2) is 11.5 Å². The summed E-state index contributed by atoms with van der Waals surface area (Å²) in [5.41, 5.74) is 0. The van der Waals surface area contributed by atoms with Crippen molar-refractivity contribution in [1.29, 1.82) is 0 Å². The third-order valence-electron chi connectivity index (χ3n) is 2.79. The highest BCUT2D eigenvalue weighted by molar-refractivity contribution is 9.10. The first-order valence-corrected chi connectivity index (χ1v) is 6.00. The van der Waals surface area contributed by atoms with Gasteiger partial charge in [-0.15, -0.1) is 0 Å². The number of hydrogen-bond donors (Lipinski definition) is 1. The van der Waals surface area contributed by atoms with Crippen molar-refractivity contribution in [3.8, 4) is 0 Å². The average Bonchev–Trinajstić information content (AvgIpc) is 2.69. The van der Waals surface area contributed by atoms with E-state index in [4.69, 9.17) is 0 Å². The normalized spacial score (nSPS) is 17.2. The molecule has 0 bridgehead atoms. The van der Waals surface area contributed by atoms with Gasteiger partial charge in [-0.3, -0.25) is 0 Å². The van der Waals surface area contributed by atoms with Crippen molar-refractivity contribution in [1.82, 2.24) is 4.98 Å². The predicted molar refractivity (Wildman–Crippen MR) is 62.4 cm³/mol. The molecule has 0 amide bonds. The molecule has 0 aromatic carbocycles. The first kappa shape index (κ1) is 9.97. The van der Waals surface area contributed by atoms with Gasteiger partial charge >= 0.3 is 0 Å². The smallest absolute Gasteiger partial charge is 0.140 e. The maximum Gasteiger partial charge on any atom is 0.140 e. The second kappa shape index (κ2) is 4.78. The third kappa shape index (κ3) is 2.47. The number of rotatable bonds is 3. The number of nitrogens with zero attached hydrogens (tertiary/aromatic N) is 1. The van der Waals surface area contributed by atoms with E-state index in [-0.39, 0.29) is 0 Å². The molecule has 0 atom stereocenters. The molecule has 1 aromatic rings. The molecule has 1 aliphatic carbocycles. The van der Waals surface area contributed by atoms with Crippen LogP contribution in [-0.2, 0) is 0 Å². The number of aromatic nitrogens is 1. The van der Waals surface area contributed by atoms with Crippen LogP contribution in [0.4, 0.5) is 5.82 Å². The highest BCUT2D eigenvalue weighted by atomic mass is 79.9. The molecule has 0 saturated heterocycles. The Morgan fingerprint density at radius 2 is 2.21 bits per heavy atom. The monoisotopic (exact) mass is 254 g/mol. The van der Waals surface area contributed by atoms with Gasteiger partial charge in [0.2, 0.25) is 0 Å². The molecule has 0 radical (unpaired) electrons. The van der Waals surface area contributed by atoms with Crippen LogP contribution in [0.2, 0.25) is 0 Å². The van der Waals surface area contributed by atoms with Crippen LogP contribution in [0.5, 0.6) is 0 Å². The lowest BCUT2D eigenvalue weighted by atomic mass is 10.1. The molecular weight excluding hydrogens is 240 g/mol. The summed E-state index contributed by atoms with van der Waals surface area (Å²) in [4.78, 5) is 4.28. The van der Waals surface area contributed by atoms with Gasteiger partial charge < -0.3 is 5.32 Å². The fourth-order valence-corrected chi connectivity index (χ4v) is 2.37. The van der Waals surface area contributed by atoms with E-state index in [0.717, 1.165) is 22.8 Å². The van der Waals surface area contributed by atoms with E-state index in [1.807, 2.05) is 18.3 Å². The Labute approximate surface area is 93.3 Å². The molecule has 76 valence electrons. The Balaban J connectivity index is 1.88. The zero-order valence-electron chi connectivity index (χ0n) is 8.17. The van der Waals surface area contributed by atoms with Gasteiger partial charge in [-0.25, -0.2) is 4.98 Å². The van der Waals surface area contributed by atoms with Gasteiger partial charge in [0.25, 0.3) is 0 Å². The van der Waals surface area contributed by atoms with Gasteiger partial charge in [-0.2, -0.15) is 0 Å². The summed E-state index contributed by atoms with van der Waals surface area (Å²) in [6.07, 6.45) is 7.36. The third-order valence-corrected chi connectivity index (χ3v) is 3.43. The Kier molecular flexibility index (Phi) is 3.40. The molecule has 1 fully saturated rings. The standard InChI is InChI=1S/C11H15BrN2/c12-10-6-3-7-13-11(10)14-8-9-4-1-2-5-9/h3,6-7,9H,1-2,4-5,8H2,(H,13,14). The highest BCUT2D eigenvalue weighted by Crippen LogP contribution is 2.26. The van der Waals surface area contributed by atoms with Crippen molar-refractivity contribution in [2.45, 2.75) is 25.7 Å². The van der Waals surface area contributed by atoms with Gasteiger partial charge in [0, 0.05) is 12.7 Å². The molecule has 0 spiro atoms. The lowest BCUT2D eigenvalue weighted by Crippen LogP contribution is -2.12. The van der Waals surface area contributed by atoms with Crippen molar-refractivity contribution in [3.05, 3.63) is 22.8 Å². The second-order valence-electron chi connectivity index (χ2n) is 3.87. The van der Waals surface area contributed by atoms with E-state index >= 15 is 0 Å². The minimum Gasteiger partial charge on any atom is -0.369 e. The molecule has 1 aromatic heterocycles. The lowest BCUT2D eigenvalue weighted by molar-refractivity contribution is 0.579. The number of hydrogen-bond acceptors (Lipinski definition) is 2. The van der Waals surface area contributed by atoms with Gasteiger partial charge in [0.1, 0.15) is 5.82 Å². The minimum atomic E-state index is 0.851. The summed E-state index contributed by atoms with van der Waals surface area (Å²) in [7, 11) is 0. The maximum absolute atomic E-state index is 4.28. The zero-order chi connectivity index (χ0) is 9.80. The molecule has 1 aliphatic rings. The SMILES string of the molecule is Brc1cccnc1NCC1CCCC1. The molecule has 1 heterocycles. The fraction of sp³-hybridized carbons (Fsp3) is 0.545. The molecule has 3 heteroatoms. The average molecular weight is 255 g/mol. The zero-order valence-corrected chi connectivity index (χ0v) is 9.76. The van der Waals surface area contributed by atoms with Crippen LogP contribution < -0.4 is 5.32 Å². The highest BCUT2D eigenvalue weighted by Gasteiger charge is 2.14. The largest absolute Gasteiger partial charge is 0.369 e.